The van der Waals surface area contributed by atoms with E-state index in [-0.39, 0.29) is 11.5 Å². The number of nitrogens with two attached hydrogens (primary N) is 2. The molecule has 4 N–H and O–H groups in total. The molecule has 0 amide bonds. The zero-order chi connectivity index (χ0) is 19.1. The summed E-state index contributed by atoms with van der Waals surface area (Å²) in [6.07, 6.45) is 1.61. The second kappa shape index (κ2) is 14.0. The van der Waals surface area contributed by atoms with Crippen LogP contribution in [0.25, 0.3) is 0 Å². The van der Waals surface area contributed by atoms with Gasteiger partial charge in [-0.05, 0) is 0 Å². The first-order chi connectivity index (χ1) is 12.6. The van der Waals surface area contributed by atoms with E-state index in [2.05, 4.69) is 10.1 Å². The van der Waals surface area contributed by atoms with Crippen molar-refractivity contribution in [2.24, 2.45) is 21.7 Å². The summed E-state index contributed by atoms with van der Waals surface area (Å²) in [5.41, 5.74) is 5.91. The number of hydrogen-bond acceptors (Lipinski definition) is 10. The summed E-state index contributed by atoms with van der Waals surface area (Å²) in [6, 6.07) is 0. The predicted molar refractivity (Wildman–Crippen MR) is 102 cm³/mol. The van der Waals surface area contributed by atoms with Gasteiger partial charge in [0.25, 0.3) is 0 Å². The van der Waals surface area contributed by atoms with E-state index in [4.69, 9.17) is 25.8 Å². The fraction of sp³-hybridized carbons (Fsp3) is 0.867. The average molecular weight is 394 g/mol. The molecule has 1 aliphatic rings. The molecule has 0 unspecified atom stereocenters. The number of rotatable bonds is 14. The van der Waals surface area contributed by atoms with E-state index in [9.17, 15) is 8.42 Å². The fourth-order valence-electron chi connectivity index (χ4n) is 2.16. The number of nitrogens with zero attached hydrogens (tertiary/aromatic N) is 3. The van der Waals surface area contributed by atoms with Gasteiger partial charge in [0.2, 0.25) is 0 Å². The Morgan fingerprint density at radius 3 is 2.15 bits per heavy atom. The molecule has 1 saturated heterocycles. The van der Waals surface area contributed by atoms with Gasteiger partial charge >= 0.3 is 0 Å². The zero-order valence-electron chi connectivity index (χ0n) is 15.2. The molecule has 0 spiro atoms. The van der Waals surface area contributed by atoms with E-state index in [1.807, 2.05) is 4.90 Å². The van der Waals surface area contributed by atoms with Crippen molar-refractivity contribution in [3.8, 4) is 0 Å². The second-order valence-corrected chi connectivity index (χ2v) is 8.01. The van der Waals surface area contributed by atoms with Crippen LogP contribution in [0.4, 0.5) is 0 Å². The van der Waals surface area contributed by atoms with Crippen LogP contribution in [0.5, 0.6) is 0 Å². The van der Waals surface area contributed by atoms with Gasteiger partial charge in [-0.15, -0.1) is 0 Å². The molecule has 0 aromatic heterocycles. The molecule has 0 bridgehead atoms. The van der Waals surface area contributed by atoms with Crippen molar-refractivity contribution in [1.82, 2.24) is 4.90 Å². The van der Waals surface area contributed by atoms with Crippen LogP contribution in [0.15, 0.2) is 10.1 Å². The third kappa shape index (κ3) is 11.5. The maximum Gasteiger partial charge on any atom is 0.152 e. The van der Waals surface area contributed by atoms with Crippen LogP contribution in [-0.2, 0) is 24.0 Å². The largest absolute Gasteiger partial charge is 0.378 e. The Balaban J connectivity index is 2.02. The minimum Gasteiger partial charge on any atom is -0.378 e. The van der Waals surface area contributed by atoms with Gasteiger partial charge < -0.3 is 25.8 Å². The first kappa shape index (κ1) is 22.9. The van der Waals surface area contributed by atoms with Gasteiger partial charge in [0.05, 0.1) is 63.4 Å². The first-order valence-corrected chi connectivity index (χ1v) is 10.5. The molecule has 0 aromatic carbocycles. The highest BCUT2D eigenvalue weighted by Gasteiger charge is 2.21. The van der Waals surface area contributed by atoms with Gasteiger partial charge in [0, 0.05) is 32.4 Å². The van der Waals surface area contributed by atoms with Crippen molar-refractivity contribution in [3.63, 3.8) is 0 Å². The number of hydrazone groups is 1. The van der Waals surface area contributed by atoms with Crippen LogP contribution < -0.4 is 11.6 Å². The van der Waals surface area contributed by atoms with Crippen molar-refractivity contribution in [2.75, 3.05) is 83.9 Å². The molecule has 1 heterocycles. The van der Waals surface area contributed by atoms with Crippen molar-refractivity contribution >= 4 is 21.8 Å². The van der Waals surface area contributed by atoms with Gasteiger partial charge in [-0.1, -0.05) is 0 Å². The first-order valence-electron chi connectivity index (χ1n) is 8.70. The Kier molecular flexibility index (Phi) is 12.4. The molecule has 1 rings (SSSR count). The highest BCUT2D eigenvalue weighted by Crippen LogP contribution is 2.03. The van der Waals surface area contributed by atoms with E-state index in [0.717, 1.165) is 0 Å². The van der Waals surface area contributed by atoms with Crippen LogP contribution >= 0.6 is 0 Å². The number of aliphatic imine (C=N–C) groups is 1. The van der Waals surface area contributed by atoms with Crippen molar-refractivity contribution in [2.45, 2.75) is 0 Å². The standard InChI is InChI=1S/C15H31N5O5S/c16-1-5-23-7-9-25-10-8-24-6-2-18-13-15(19-17)14-20-3-11-26(21,22)12-4-20/h13H,1-12,14,16-17H2/b18-13?,19-15+. The van der Waals surface area contributed by atoms with Crippen LogP contribution in [0.1, 0.15) is 0 Å². The highest BCUT2D eigenvalue weighted by molar-refractivity contribution is 7.91. The average Bonchev–Trinajstić information content (AvgIpc) is 2.63. The van der Waals surface area contributed by atoms with Crippen LogP contribution in [0.2, 0.25) is 0 Å². The molecular formula is C15H31N5O5S. The van der Waals surface area contributed by atoms with E-state index >= 15 is 0 Å². The van der Waals surface area contributed by atoms with E-state index in [0.29, 0.717) is 78.1 Å². The molecule has 1 fully saturated rings. The lowest BCUT2D eigenvalue weighted by Crippen LogP contribution is -2.43. The van der Waals surface area contributed by atoms with Crippen molar-refractivity contribution in [1.29, 1.82) is 0 Å². The zero-order valence-corrected chi connectivity index (χ0v) is 16.0. The minimum absolute atomic E-state index is 0.178. The topological polar surface area (TPSA) is 142 Å². The van der Waals surface area contributed by atoms with Crippen molar-refractivity contribution < 1.29 is 22.6 Å². The summed E-state index contributed by atoms with van der Waals surface area (Å²) in [7, 11) is -2.88. The Morgan fingerprint density at radius 1 is 1.00 bits per heavy atom. The predicted octanol–water partition coefficient (Wildman–Crippen LogP) is -1.89. The third-order valence-corrected chi connectivity index (χ3v) is 5.21. The monoisotopic (exact) mass is 393 g/mol. The van der Waals surface area contributed by atoms with Gasteiger partial charge in [0.1, 0.15) is 0 Å². The number of sulfone groups is 1. The smallest absolute Gasteiger partial charge is 0.152 e. The molecular weight excluding hydrogens is 362 g/mol. The lowest BCUT2D eigenvalue weighted by Gasteiger charge is -2.25. The molecule has 0 atom stereocenters. The van der Waals surface area contributed by atoms with Gasteiger partial charge in [-0.3, -0.25) is 9.89 Å². The molecule has 26 heavy (non-hydrogen) atoms. The molecule has 0 saturated carbocycles. The minimum atomic E-state index is -2.88. The molecule has 1 aliphatic heterocycles. The van der Waals surface area contributed by atoms with E-state index < -0.39 is 9.84 Å². The van der Waals surface area contributed by atoms with Gasteiger partial charge in [-0.2, -0.15) is 5.10 Å². The van der Waals surface area contributed by atoms with E-state index in [1.165, 1.54) is 0 Å². The summed E-state index contributed by atoms with van der Waals surface area (Å²) >= 11 is 0. The normalized spacial score (nSPS) is 18.6. The fourth-order valence-corrected chi connectivity index (χ4v) is 3.44. The Morgan fingerprint density at radius 2 is 1.58 bits per heavy atom. The third-order valence-electron chi connectivity index (χ3n) is 3.60. The number of hydrogen-bond donors (Lipinski definition) is 2. The van der Waals surface area contributed by atoms with Gasteiger partial charge in [-0.25, -0.2) is 8.42 Å². The molecule has 0 aliphatic carbocycles. The summed E-state index contributed by atoms with van der Waals surface area (Å²) in [5.74, 6) is 5.72. The second-order valence-electron chi connectivity index (χ2n) is 5.71. The molecule has 10 nitrogen and oxygen atoms in total. The van der Waals surface area contributed by atoms with Crippen LogP contribution in [0.3, 0.4) is 0 Å². The summed E-state index contributed by atoms with van der Waals surface area (Å²) < 4.78 is 38.7. The maximum atomic E-state index is 11.4. The van der Waals surface area contributed by atoms with Gasteiger partial charge in [0.15, 0.2) is 9.84 Å². The SMILES string of the molecule is NCCOCCOCCOCCN=C/C(CN1CCS(=O)(=O)CC1)=N\N. The van der Waals surface area contributed by atoms with E-state index in [1.54, 1.807) is 6.21 Å². The van der Waals surface area contributed by atoms with Crippen LogP contribution in [0, 0.1) is 0 Å². The van der Waals surface area contributed by atoms with Crippen molar-refractivity contribution in [3.05, 3.63) is 0 Å². The molecule has 0 radical (unpaired) electrons. The highest BCUT2D eigenvalue weighted by atomic mass is 32.2. The Bertz CT molecular complexity index is 513. The lowest BCUT2D eigenvalue weighted by atomic mass is 10.3. The Hall–Kier alpha value is -1.11. The quantitative estimate of drug-likeness (QED) is 0.151. The Labute approximate surface area is 155 Å². The maximum absolute atomic E-state index is 11.4. The molecule has 152 valence electrons. The summed E-state index contributed by atoms with van der Waals surface area (Å²) in [5, 5.41) is 3.70. The molecule has 11 heteroatoms. The summed E-state index contributed by atoms with van der Waals surface area (Å²) in [6.45, 7) is 5.57. The molecule has 0 aromatic rings. The van der Waals surface area contributed by atoms with Crippen LogP contribution in [-0.4, -0.2) is 109 Å². The number of ether oxygens (including phenoxy) is 3. The summed E-state index contributed by atoms with van der Waals surface area (Å²) in [4.78, 5) is 6.23. The lowest BCUT2D eigenvalue weighted by molar-refractivity contribution is 0.0175.